The molecule has 0 aliphatic rings. The molecular formula is C14H10BrF3O2. The van der Waals surface area contributed by atoms with Crippen molar-refractivity contribution in [3.05, 3.63) is 58.1 Å². The lowest BCUT2D eigenvalue weighted by Crippen LogP contribution is -2.08. The SMILES string of the molecule is OCc1ccc(Oc2ccccc2Br)c(C(F)(F)F)c1. The average Bonchev–Trinajstić information content (AvgIpc) is 2.40. The highest BCUT2D eigenvalue weighted by atomic mass is 79.9. The van der Waals surface area contributed by atoms with Gasteiger partial charge in [-0.3, -0.25) is 0 Å². The summed E-state index contributed by atoms with van der Waals surface area (Å²) in [6, 6.07) is 10.1. The van der Waals surface area contributed by atoms with Crippen LogP contribution in [-0.2, 0) is 12.8 Å². The lowest BCUT2D eigenvalue weighted by atomic mass is 10.1. The summed E-state index contributed by atoms with van der Waals surface area (Å²) >= 11 is 3.21. The van der Waals surface area contributed by atoms with Crippen LogP contribution in [0.2, 0.25) is 0 Å². The Bertz CT molecular complexity index is 612. The van der Waals surface area contributed by atoms with Crippen LogP contribution in [0.25, 0.3) is 0 Å². The fourth-order valence-electron chi connectivity index (χ4n) is 1.63. The Morgan fingerprint density at radius 2 is 1.75 bits per heavy atom. The maximum atomic E-state index is 13.0. The van der Waals surface area contributed by atoms with Crippen LogP contribution in [0, 0.1) is 0 Å². The van der Waals surface area contributed by atoms with Gasteiger partial charge in [0.25, 0.3) is 0 Å². The Kier molecular flexibility index (Phi) is 4.35. The van der Waals surface area contributed by atoms with E-state index in [2.05, 4.69) is 15.9 Å². The van der Waals surface area contributed by atoms with Crippen molar-refractivity contribution < 1.29 is 23.0 Å². The van der Waals surface area contributed by atoms with E-state index in [-0.39, 0.29) is 17.1 Å². The first-order valence-electron chi connectivity index (χ1n) is 5.65. The van der Waals surface area contributed by atoms with Crippen LogP contribution in [-0.4, -0.2) is 5.11 Å². The van der Waals surface area contributed by atoms with E-state index < -0.39 is 18.3 Å². The zero-order chi connectivity index (χ0) is 14.8. The third-order valence-electron chi connectivity index (χ3n) is 2.59. The van der Waals surface area contributed by atoms with Crippen molar-refractivity contribution in [2.24, 2.45) is 0 Å². The minimum Gasteiger partial charge on any atom is -0.456 e. The average molecular weight is 347 g/mol. The Hall–Kier alpha value is -1.53. The zero-order valence-electron chi connectivity index (χ0n) is 10.1. The maximum absolute atomic E-state index is 13.0. The molecule has 106 valence electrons. The highest BCUT2D eigenvalue weighted by Gasteiger charge is 2.35. The van der Waals surface area contributed by atoms with E-state index in [4.69, 9.17) is 9.84 Å². The minimum absolute atomic E-state index is 0.178. The van der Waals surface area contributed by atoms with Crippen molar-refractivity contribution in [1.29, 1.82) is 0 Å². The van der Waals surface area contributed by atoms with Gasteiger partial charge in [0, 0.05) is 0 Å². The molecule has 0 aliphatic heterocycles. The Balaban J connectivity index is 2.44. The summed E-state index contributed by atoms with van der Waals surface area (Å²) < 4.78 is 44.9. The molecule has 0 amide bonds. The number of benzene rings is 2. The number of aliphatic hydroxyl groups excluding tert-OH is 1. The number of aliphatic hydroxyl groups is 1. The number of ether oxygens (including phenoxy) is 1. The van der Waals surface area contributed by atoms with Gasteiger partial charge in [-0.05, 0) is 45.8 Å². The van der Waals surface area contributed by atoms with Crippen molar-refractivity contribution in [3.8, 4) is 11.5 Å². The third kappa shape index (κ3) is 3.32. The highest BCUT2D eigenvalue weighted by Crippen LogP contribution is 2.40. The quantitative estimate of drug-likeness (QED) is 0.868. The Morgan fingerprint density at radius 1 is 1.05 bits per heavy atom. The van der Waals surface area contributed by atoms with Crippen LogP contribution < -0.4 is 4.74 Å². The number of halogens is 4. The van der Waals surface area contributed by atoms with Gasteiger partial charge in [-0.25, -0.2) is 0 Å². The van der Waals surface area contributed by atoms with Crippen LogP contribution in [0.3, 0.4) is 0 Å². The molecule has 0 fully saturated rings. The van der Waals surface area contributed by atoms with E-state index in [1.807, 2.05) is 0 Å². The Labute approximate surface area is 121 Å². The third-order valence-corrected chi connectivity index (χ3v) is 3.24. The predicted molar refractivity (Wildman–Crippen MR) is 71.6 cm³/mol. The first-order valence-corrected chi connectivity index (χ1v) is 6.44. The molecule has 0 heterocycles. The van der Waals surface area contributed by atoms with Crippen LogP contribution in [0.15, 0.2) is 46.9 Å². The monoisotopic (exact) mass is 346 g/mol. The summed E-state index contributed by atoms with van der Waals surface area (Å²) in [6.45, 7) is -0.460. The summed E-state index contributed by atoms with van der Waals surface area (Å²) in [4.78, 5) is 0. The van der Waals surface area contributed by atoms with Gasteiger partial charge in [0.05, 0.1) is 16.6 Å². The van der Waals surface area contributed by atoms with Crippen molar-refractivity contribution in [1.82, 2.24) is 0 Å². The lowest BCUT2D eigenvalue weighted by Gasteiger charge is -2.15. The number of hydrogen-bond donors (Lipinski definition) is 1. The molecule has 0 aliphatic carbocycles. The fourth-order valence-corrected chi connectivity index (χ4v) is 2.00. The van der Waals surface area contributed by atoms with Gasteiger partial charge < -0.3 is 9.84 Å². The van der Waals surface area contributed by atoms with Crippen molar-refractivity contribution in [2.75, 3.05) is 0 Å². The van der Waals surface area contributed by atoms with Gasteiger partial charge in [-0.2, -0.15) is 13.2 Å². The molecule has 0 saturated heterocycles. The first kappa shape index (κ1) is 14.9. The second-order valence-corrected chi connectivity index (χ2v) is 4.87. The van der Waals surface area contributed by atoms with Crippen molar-refractivity contribution >= 4 is 15.9 Å². The van der Waals surface area contributed by atoms with E-state index >= 15 is 0 Å². The molecule has 0 saturated carbocycles. The van der Waals surface area contributed by atoms with E-state index in [9.17, 15) is 13.2 Å². The molecule has 2 aromatic carbocycles. The summed E-state index contributed by atoms with van der Waals surface area (Å²) in [7, 11) is 0. The number of alkyl halides is 3. The van der Waals surface area contributed by atoms with Crippen molar-refractivity contribution in [2.45, 2.75) is 12.8 Å². The molecule has 0 unspecified atom stereocenters. The summed E-state index contributed by atoms with van der Waals surface area (Å²) in [5.41, 5.74) is -0.739. The molecule has 1 N–H and O–H groups in total. The molecule has 0 atom stereocenters. The van der Waals surface area contributed by atoms with Gasteiger partial charge in [-0.1, -0.05) is 18.2 Å². The minimum atomic E-state index is -4.55. The lowest BCUT2D eigenvalue weighted by molar-refractivity contribution is -0.138. The van der Waals surface area contributed by atoms with Gasteiger partial charge in [0.15, 0.2) is 0 Å². The second kappa shape index (κ2) is 5.85. The summed E-state index contributed by atoms with van der Waals surface area (Å²) in [5.74, 6) is -0.0173. The molecule has 2 aromatic rings. The molecular weight excluding hydrogens is 337 g/mol. The van der Waals surface area contributed by atoms with Crippen LogP contribution in [0.4, 0.5) is 13.2 Å². The molecule has 0 aromatic heterocycles. The van der Waals surface area contributed by atoms with Crippen LogP contribution in [0.5, 0.6) is 11.5 Å². The standard InChI is InChI=1S/C14H10BrF3O2/c15-11-3-1-2-4-13(11)20-12-6-5-9(8-19)7-10(12)14(16,17)18/h1-7,19H,8H2. The first-order chi connectivity index (χ1) is 9.41. The topological polar surface area (TPSA) is 29.5 Å². The number of para-hydroxylation sites is 1. The van der Waals surface area contributed by atoms with Crippen LogP contribution in [0.1, 0.15) is 11.1 Å². The predicted octanol–water partition coefficient (Wildman–Crippen LogP) is 4.75. The van der Waals surface area contributed by atoms with E-state index in [0.29, 0.717) is 4.47 Å². The molecule has 2 nitrogen and oxygen atoms in total. The van der Waals surface area contributed by atoms with Crippen molar-refractivity contribution in [3.63, 3.8) is 0 Å². The molecule has 0 bridgehead atoms. The summed E-state index contributed by atoms with van der Waals surface area (Å²) in [6.07, 6.45) is -4.55. The van der Waals surface area contributed by atoms with Crippen LogP contribution >= 0.6 is 15.9 Å². The number of rotatable bonds is 3. The zero-order valence-corrected chi connectivity index (χ0v) is 11.7. The number of hydrogen-bond acceptors (Lipinski definition) is 2. The van der Waals surface area contributed by atoms with Gasteiger partial charge in [-0.15, -0.1) is 0 Å². The molecule has 20 heavy (non-hydrogen) atoms. The second-order valence-electron chi connectivity index (χ2n) is 4.02. The highest BCUT2D eigenvalue weighted by molar-refractivity contribution is 9.10. The van der Waals surface area contributed by atoms with E-state index in [0.717, 1.165) is 6.07 Å². The van der Waals surface area contributed by atoms with Gasteiger partial charge in [0.2, 0.25) is 0 Å². The maximum Gasteiger partial charge on any atom is 0.419 e. The molecule has 6 heteroatoms. The van der Waals surface area contributed by atoms with Gasteiger partial charge in [0.1, 0.15) is 11.5 Å². The van der Waals surface area contributed by atoms with E-state index in [1.165, 1.54) is 12.1 Å². The molecule has 0 spiro atoms. The van der Waals surface area contributed by atoms with E-state index in [1.54, 1.807) is 24.3 Å². The fraction of sp³-hybridized carbons (Fsp3) is 0.143. The summed E-state index contributed by atoms with van der Waals surface area (Å²) in [5, 5.41) is 8.94. The Morgan fingerprint density at radius 3 is 2.35 bits per heavy atom. The molecule has 2 rings (SSSR count). The molecule has 0 radical (unpaired) electrons. The largest absolute Gasteiger partial charge is 0.456 e. The smallest absolute Gasteiger partial charge is 0.419 e. The normalized spacial score (nSPS) is 11.4. The van der Waals surface area contributed by atoms with Gasteiger partial charge >= 0.3 is 6.18 Å².